The minimum Gasteiger partial charge on any atom is -0.356 e. The second-order valence-corrected chi connectivity index (χ2v) is 6.72. The first-order valence-electron chi connectivity index (χ1n) is 9.05. The van der Waals surface area contributed by atoms with Gasteiger partial charge in [-0.3, -0.25) is 4.79 Å². The number of hydrogen-bond acceptors (Lipinski definition) is 4. The van der Waals surface area contributed by atoms with E-state index < -0.39 is 0 Å². The molecule has 5 nitrogen and oxygen atoms in total. The van der Waals surface area contributed by atoms with E-state index in [1.165, 1.54) is 0 Å². The van der Waals surface area contributed by atoms with Crippen molar-refractivity contribution in [3.8, 4) is 11.4 Å². The Hall–Kier alpha value is -2.95. The Morgan fingerprint density at radius 3 is 2.42 bits per heavy atom. The average molecular weight is 346 g/mol. The molecule has 0 unspecified atom stereocenters. The number of rotatable bonds is 3. The second-order valence-electron chi connectivity index (χ2n) is 6.72. The van der Waals surface area contributed by atoms with Gasteiger partial charge in [-0.15, -0.1) is 0 Å². The zero-order valence-corrected chi connectivity index (χ0v) is 14.9. The highest BCUT2D eigenvalue weighted by molar-refractivity contribution is 5.91. The maximum Gasteiger partial charge on any atom is 0.217 e. The van der Waals surface area contributed by atoms with Gasteiger partial charge in [0, 0.05) is 37.0 Å². The zero-order chi connectivity index (χ0) is 17.9. The Morgan fingerprint density at radius 1 is 1.00 bits per heavy atom. The highest BCUT2D eigenvalue weighted by atomic mass is 16.1. The summed E-state index contributed by atoms with van der Waals surface area (Å²) < 4.78 is 0. The lowest BCUT2D eigenvalue weighted by Gasteiger charge is -2.33. The number of anilines is 1. The van der Waals surface area contributed by atoms with Crippen molar-refractivity contribution in [2.75, 3.05) is 18.0 Å². The van der Waals surface area contributed by atoms with Gasteiger partial charge in [0.15, 0.2) is 5.82 Å². The number of piperidine rings is 1. The SMILES string of the molecule is CC(=O)NC1CCN(c2nc(-c3ccccc3)nc3ccccc23)CC1. The van der Waals surface area contributed by atoms with E-state index in [0.717, 1.165) is 54.0 Å². The molecule has 2 aromatic carbocycles. The first kappa shape index (κ1) is 16.5. The highest BCUT2D eigenvalue weighted by Crippen LogP contribution is 2.29. The molecule has 3 aromatic rings. The third-order valence-electron chi connectivity index (χ3n) is 4.82. The van der Waals surface area contributed by atoms with Crippen molar-refractivity contribution in [3.05, 3.63) is 54.6 Å². The van der Waals surface area contributed by atoms with E-state index >= 15 is 0 Å². The van der Waals surface area contributed by atoms with Gasteiger partial charge in [0.05, 0.1) is 5.52 Å². The Balaban J connectivity index is 1.69. The third kappa shape index (κ3) is 3.38. The van der Waals surface area contributed by atoms with E-state index in [-0.39, 0.29) is 11.9 Å². The molecule has 4 rings (SSSR count). The molecule has 1 aliphatic heterocycles. The van der Waals surface area contributed by atoms with Crippen LogP contribution in [0.3, 0.4) is 0 Å². The number of aromatic nitrogens is 2. The fourth-order valence-electron chi connectivity index (χ4n) is 3.54. The lowest BCUT2D eigenvalue weighted by atomic mass is 10.0. The second kappa shape index (κ2) is 7.12. The van der Waals surface area contributed by atoms with E-state index in [0.29, 0.717) is 0 Å². The maximum atomic E-state index is 11.3. The lowest BCUT2D eigenvalue weighted by molar-refractivity contribution is -0.119. The molecule has 132 valence electrons. The van der Waals surface area contributed by atoms with Crippen molar-refractivity contribution >= 4 is 22.6 Å². The smallest absolute Gasteiger partial charge is 0.217 e. The Kier molecular flexibility index (Phi) is 4.52. The van der Waals surface area contributed by atoms with Gasteiger partial charge in [-0.05, 0) is 25.0 Å². The molecule has 0 radical (unpaired) electrons. The molecule has 1 N–H and O–H groups in total. The minimum atomic E-state index is 0.0438. The fourth-order valence-corrected chi connectivity index (χ4v) is 3.54. The fraction of sp³-hybridized carbons (Fsp3) is 0.286. The van der Waals surface area contributed by atoms with E-state index in [1.807, 2.05) is 48.5 Å². The molecule has 0 atom stereocenters. The number of nitrogens with one attached hydrogen (secondary N) is 1. The van der Waals surface area contributed by atoms with Gasteiger partial charge in [-0.2, -0.15) is 0 Å². The highest BCUT2D eigenvalue weighted by Gasteiger charge is 2.23. The number of fused-ring (bicyclic) bond motifs is 1. The topological polar surface area (TPSA) is 58.1 Å². The first-order valence-corrected chi connectivity index (χ1v) is 9.05. The van der Waals surface area contributed by atoms with Crippen molar-refractivity contribution in [3.63, 3.8) is 0 Å². The standard InChI is InChI=1S/C21H22N4O/c1-15(26)22-17-11-13-25(14-12-17)21-18-9-5-6-10-19(18)23-20(24-21)16-7-3-2-4-8-16/h2-10,17H,11-14H2,1H3,(H,22,26). The molecule has 1 amide bonds. The number of hydrogen-bond donors (Lipinski definition) is 1. The molecule has 2 heterocycles. The molecule has 5 heteroatoms. The van der Waals surface area contributed by atoms with Crippen molar-refractivity contribution in [1.29, 1.82) is 0 Å². The zero-order valence-electron chi connectivity index (χ0n) is 14.9. The van der Waals surface area contributed by atoms with Gasteiger partial charge in [0.2, 0.25) is 5.91 Å². The van der Waals surface area contributed by atoms with Crippen LogP contribution in [0.25, 0.3) is 22.3 Å². The normalized spacial score (nSPS) is 15.2. The third-order valence-corrected chi connectivity index (χ3v) is 4.82. The summed E-state index contributed by atoms with van der Waals surface area (Å²) in [7, 11) is 0. The van der Waals surface area contributed by atoms with Crippen LogP contribution in [0.2, 0.25) is 0 Å². The molecule has 0 saturated carbocycles. The minimum absolute atomic E-state index is 0.0438. The van der Waals surface area contributed by atoms with Crippen molar-refractivity contribution in [2.45, 2.75) is 25.8 Å². The molecule has 1 aromatic heterocycles. The van der Waals surface area contributed by atoms with Crippen LogP contribution >= 0.6 is 0 Å². The van der Waals surface area contributed by atoms with Crippen LogP contribution in [0.4, 0.5) is 5.82 Å². The largest absolute Gasteiger partial charge is 0.356 e. The number of para-hydroxylation sites is 1. The van der Waals surface area contributed by atoms with E-state index in [2.05, 4.69) is 16.3 Å². The molecule has 1 aliphatic rings. The molecular formula is C21H22N4O. The quantitative estimate of drug-likeness (QED) is 0.790. The number of amides is 1. The van der Waals surface area contributed by atoms with Crippen LogP contribution in [0.15, 0.2) is 54.6 Å². The first-order chi connectivity index (χ1) is 12.7. The average Bonchev–Trinajstić information content (AvgIpc) is 2.68. The van der Waals surface area contributed by atoms with Crippen LogP contribution in [-0.2, 0) is 4.79 Å². The van der Waals surface area contributed by atoms with Crippen LogP contribution in [0.1, 0.15) is 19.8 Å². The van der Waals surface area contributed by atoms with Crippen molar-refractivity contribution < 1.29 is 4.79 Å². The van der Waals surface area contributed by atoms with Crippen molar-refractivity contribution in [2.24, 2.45) is 0 Å². The van der Waals surface area contributed by atoms with Crippen molar-refractivity contribution in [1.82, 2.24) is 15.3 Å². The number of benzene rings is 2. The van der Waals surface area contributed by atoms with Crippen LogP contribution in [0, 0.1) is 0 Å². The summed E-state index contributed by atoms with van der Waals surface area (Å²) in [6.07, 6.45) is 1.86. The summed E-state index contributed by atoms with van der Waals surface area (Å²) in [5.41, 5.74) is 1.98. The van der Waals surface area contributed by atoms with Gasteiger partial charge < -0.3 is 10.2 Å². The molecule has 1 fully saturated rings. The summed E-state index contributed by atoms with van der Waals surface area (Å²) >= 11 is 0. The van der Waals surface area contributed by atoms with E-state index in [9.17, 15) is 4.79 Å². The van der Waals surface area contributed by atoms with Gasteiger partial charge in [0.25, 0.3) is 0 Å². The molecule has 0 spiro atoms. The van der Waals surface area contributed by atoms with Crippen LogP contribution in [-0.4, -0.2) is 35.0 Å². The van der Waals surface area contributed by atoms with Crippen LogP contribution < -0.4 is 10.2 Å². The lowest BCUT2D eigenvalue weighted by Crippen LogP contribution is -2.44. The Labute approximate surface area is 153 Å². The predicted octanol–water partition coefficient (Wildman–Crippen LogP) is 3.40. The van der Waals surface area contributed by atoms with Gasteiger partial charge in [0.1, 0.15) is 5.82 Å². The summed E-state index contributed by atoms with van der Waals surface area (Å²) in [4.78, 5) is 23.3. The van der Waals surface area contributed by atoms with Gasteiger partial charge in [-0.1, -0.05) is 42.5 Å². The Morgan fingerprint density at radius 2 is 1.69 bits per heavy atom. The summed E-state index contributed by atoms with van der Waals surface area (Å²) in [6.45, 7) is 3.33. The number of carbonyl (C=O) groups excluding carboxylic acids is 1. The van der Waals surface area contributed by atoms with Gasteiger partial charge >= 0.3 is 0 Å². The summed E-state index contributed by atoms with van der Waals surface area (Å²) in [5.74, 6) is 1.78. The van der Waals surface area contributed by atoms with E-state index in [4.69, 9.17) is 9.97 Å². The summed E-state index contributed by atoms with van der Waals surface area (Å²) in [6, 6.07) is 18.5. The molecule has 1 saturated heterocycles. The molecule has 0 bridgehead atoms. The monoisotopic (exact) mass is 346 g/mol. The van der Waals surface area contributed by atoms with Crippen LogP contribution in [0.5, 0.6) is 0 Å². The maximum absolute atomic E-state index is 11.3. The summed E-state index contributed by atoms with van der Waals surface area (Å²) in [5, 5.41) is 4.10. The number of carbonyl (C=O) groups is 1. The molecular weight excluding hydrogens is 324 g/mol. The predicted molar refractivity (Wildman–Crippen MR) is 104 cm³/mol. The molecule has 0 aliphatic carbocycles. The molecule has 26 heavy (non-hydrogen) atoms. The Bertz CT molecular complexity index is 918. The number of nitrogens with zero attached hydrogens (tertiary/aromatic N) is 3. The van der Waals surface area contributed by atoms with E-state index in [1.54, 1.807) is 6.92 Å². The van der Waals surface area contributed by atoms with Gasteiger partial charge in [-0.25, -0.2) is 9.97 Å².